The molecule has 8 nitrogen and oxygen atoms in total. The average molecular weight is 466 g/mol. The predicted octanol–water partition coefficient (Wildman–Crippen LogP) is 3.24. The van der Waals surface area contributed by atoms with Crippen LogP contribution in [-0.2, 0) is 4.74 Å². The van der Waals surface area contributed by atoms with Crippen molar-refractivity contribution in [1.29, 1.82) is 5.26 Å². The number of halogens is 6. The highest BCUT2D eigenvalue weighted by atomic mass is 35.5. The number of hydrogen-bond donors (Lipinski definition) is 1. The molecule has 2 unspecified atom stereocenters. The van der Waals surface area contributed by atoms with Crippen LogP contribution in [0.4, 0.5) is 32.4 Å². The van der Waals surface area contributed by atoms with Crippen LogP contribution in [0.5, 0.6) is 5.75 Å². The maximum atomic E-state index is 13.4. The highest BCUT2D eigenvalue weighted by molar-refractivity contribution is 6.22. The van der Waals surface area contributed by atoms with Gasteiger partial charge in [-0.2, -0.15) is 27.2 Å². The van der Waals surface area contributed by atoms with Crippen molar-refractivity contribution in [3.05, 3.63) is 29.2 Å². The zero-order valence-electron chi connectivity index (χ0n) is 15.5. The van der Waals surface area contributed by atoms with Gasteiger partial charge in [0.2, 0.25) is 6.10 Å². The van der Waals surface area contributed by atoms with Gasteiger partial charge in [0.05, 0.1) is 24.1 Å². The van der Waals surface area contributed by atoms with Crippen LogP contribution >= 0.6 is 11.6 Å². The van der Waals surface area contributed by atoms with Crippen LogP contribution < -0.4 is 15.0 Å². The van der Waals surface area contributed by atoms with Crippen molar-refractivity contribution < 1.29 is 36.2 Å². The first-order valence-corrected chi connectivity index (χ1v) is 8.99. The molecule has 0 radical (unpaired) electrons. The maximum Gasteiger partial charge on any atom is 0.427 e. The molecular formula is C17H13ClF5N5O3. The molecule has 1 N–H and O–H groups in total. The maximum absolute atomic E-state index is 13.4. The number of nitrogens with zero attached hydrogens (tertiary/aromatic N) is 4. The molecule has 2 aliphatic heterocycles. The molecule has 3 heterocycles. The lowest BCUT2D eigenvalue weighted by Gasteiger charge is -2.36. The highest BCUT2D eigenvalue weighted by Gasteiger charge is 2.48. The van der Waals surface area contributed by atoms with Crippen LogP contribution in [-0.4, -0.2) is 54.3 Å². The van der Waals surface area contributed by atoms with Gasteiger partial charge in [-0.3, -0.25) is 19.6 Å². The van der Waals surface area contributed by atoms with Crippen LogP contribution in [0.3, 0.4) is 0 Å². The molecule has 166 valence electrons. The molecule has 1 aromatic rings. The fourth-order valence-electron chi connectivity index (χ4n) is 2.84. The molecule has 14 heteroatoms. The molecule has 0 bridgehead atoms. The lowest BCUT2D eigenvalue weighted by atomic mass is 10.1. The van der Waals surface area contributed by atoms with Crippen molar-refractivity contribution in [3.63, 3.8) is 0 Å². The van der Waals surface area contributed by atoms with E-state index in [0.717, 1.165) is 18.5 Å². The van der Waals surface area contributed by atoms with Crippen molar-refractivity contribution in [3.8, 4) is 11.8 Å². The van der Waals surface area contributed by atoms with Crippen molar-refractivity contribution >= 4 is 29.5 Å². The van der Waals surface area contributed by atoms with Crippen LogP contribution in [0, 0.1) is 18.3 Å². The zero-order valence-corrected chi connectivity index (χ0v) is 16.3. The van der Waals surface area contributed by atoms with Gasteiger partial charge < -0.3 is 10.1 Å². The summed E-state index contributed by atoms with van der Waals surface area (Å²) in [4.78, 5) is 21.0. The number of pyridine rings is 1. The third kappa shape index (κ3) is 4.86. The van der Waals surface area contributed by atoms with Gasteiger partial charge in [0.25, 0.3) is 0 Å². The number of nitrogens with one attached hydrogen (secondary N) is 1. The first kappa shape index (κ1) is 22.7. The summed E-state index contributed by atoms with van der Waals surface area (Å²) in [6.45, 7) is -2.63. The topological polar surface area (TPSA) is 99.8 Å². The van der Waals surface area contributed by atoms with Crippen LogP contribution in [0.15, 0.2) is 23.0 Å². The second-order valence-corrected chi connectivity index (χ2v) is 6.87. The van der Waals surface area contributed by atoms with E-state index >= 15 is 0 Å². The summed E-state index contributed by atoms with van der Waals surface area (Å²) in [5, 5.41) is 10.4. The average Bonchev–Trinajstić information content (AvgIpc) is 2.68. The Morgan fingerprint density at radius 3 is 2.77 bits per heavy atom. The van der Waals surface area contributed by atoms with Gasteiger partial charge in [-0.1, -0.05) is 0 Å². The molecule has 0 spiro atoms. The van der Waals surface area contributed by atoms with Crippen LogP contribution in [0.1, 0.15) is 11.3 Å². The number of dihydropyridines is 1. The number of alkyl halides is 6. The first-order chi connectivity index (χ1) is 14.5. The van der Waals surface area contributed by atoms with E-state index in [2.05, 4.69) is 20.0 Å². The minimum absolute atomic E-state index is 0.0451. The zero-order chi connectivity index (χ0) is 22.9. The van der Waals surface area contributed by atoms with E-state index in [-0.39, 0.29) is 22.6 Å². The first-order valence-electron chi connectivity index (χ1n) is 8.55. The number of allylic oxidation sites excluding steroid dienone is 1. The van der Waals surface area contributed by atoms with E-state index in [4.69, 9.17) is 16.3 Å². The summed E-state index contributed by atoms with van der Waals surface area (Å²) in [5.74, 6) is -0.425. The highest BCUT2D eigenvalue weighted by Crippen LogP contribution is 2.40. The number of ether oxygens (including phenoxy) is 2. The summed E-state index contributed by atoms with van der Waals surface area (Å²) in [5.41, 5.74) is -0.303. The second kappa shape index (κ2) is 8.64. The molecule has 0 saturated heterocycles. The summed E-state index contributed by atoms with van der Waals surface area (Å²) < 4.78 is 73.9. The Labute approximate surface area is 176 Å². The van der Waals surface area contributed by atoms with E-state index in [1.807, 2.05) is 0 Å². The van der Waals surface area contributed by atoms with Crippen molar-refractivity contribution in [2.24, 2.45) is 4.99 Å². The Morgan fingerprint density at radius 1 is 1.48 bits per heavy atom. The number of aliphatic imine (C=N–C) groups is 1. The third-order valence-corrected chi connectivity index (χ3v) is 4.63. The predicted molar refractivity (Wildman–Crippen MR) is 97.1 cm³/mol. The van der Waals surface area contributed by atoms with Gasteiger partial charge in [-0.05, 0) is 13.0 Å². The normalized spacial score (nSPS) is 23.0. The number of urea groups is 1. The van der Waals surface area contributed by atoms with Gasteiger partial charge in [-0.25, -0.2) is 4.79 Å². The number of aromatic nitrogens is 1. The third-order valence-electron chi connectivity index (χ3n) is 4.29. The smallest absolute Gasteiger partial charge is 0.427 e. The SMILES string of the molecule is Cc1ncc2c(c1C#N)OC(C(F)(F)F)CN2C(=O)NC1=C[C@H](Cl)C(OC(F)F)N=C1. The van der Waals surface area contributed by atoms with Gasteiger partial charge >= 0.3 is 18.8 Å². The van der Waals surface area contributed by atoms with Gasteiger partial charge in [0.15, 0.2) is 12.0 Å². The monoisotopic (exact) mass is 465 g/mol. The van der Waals surface area contributed by atoms with Gasteiger partial charge in [-0.15, -0.1) is 11.6 Å². The number of hydrogen-bond acceptors (Lipinski definition) is 6. The van der Waals surface area contributed by atoms with Crippen molar-refractivity contribution in [1.82, 2.24) is 10.3 Å². The van der Waals surface area contributed by atoms with Crippen molar-refractivity contribution in [2.75, 3.05) is 11.4 Å². The van der Waals surface area contributed by atoms with Crippen LogP contribution in [0.25, 0.3) is 0 Å². The molecule has 0 aromatic carbocycles. The van der Waals surface area contributed by atoms with E-state index in [1.165, 1.54) is 6.92 Å². The van der Waals surface area contributed by atoms with Gasteiger partial charge in [0.1, 0.15) is 22.7 Å². The molecule has 0 aliphatic carbocycles. The summed E-state index contributed by atoms with van der Waals surface area (Å²) in [6, 6.07) is 0.699. The number of anilines is 1. The number of rotatable bonds is 3. The molecule has 31 heavy (non-hydrogen) atoms. The van der Waals surface area contributed by atoms with Crippen molar-refractivity contribution in [2.45, 2.75) is 37.4 Å². The largest absolute Gasteiger partial charge is 0.475 e. The molecule has 2 amide bonds. The Morgan fingerprint density at radius 2 is 2.19 bits per heavy atom. The standard InChI is InChI=1S/C17H13ClF5N5O3/c1-7-9(3-24)13-11(5-25-7)28(6-12(30-13)17(21,22)23)16(29)27-8-2-10(18)14(26-4-8)31-15(19)20/h2,4-5,10,12,14-15H,6H2,1H3,(H,27,29)/t10-,12?,14?/m0/s1. The van der Waals surface area contributed by atoms with E-state index in [0.29, 0.717) is 4.90 Å². The van der Waals surface area contributed by atoms with E-state index < -0.39 is 48.8 Å². The minimum Gasteiger partial charge on any atom is -0.475 e. The van der Waals surface area contributed by atoms with E-state index in [1.54, 1.807) is 6.07 Å². The summed E-state index contributed by atoms with van der Waals surface area (Å²) in [7, 11) is 0. The number of fused-ring (bicyclic) bond motifs is 1. The number of carbonyl (C=O) groups is 1. The quantitative estimate of drug-likeness (QED) is 0.545. The Kier molecular flexibility index (Phi) is 6.33. The number of amides is 2. The van der Waals surface area contributed by atoms with Crippen LogP contribution in [0.2, 0.25) is 0 Å². The second-order valence-electron chi connectivity index (χ2n) is 6.37. The Hall–Kier alpha value is -2.98. The fraction of sp³-hybridized carbons (Fsp3) is 0.412. The number of aryl methyl sites for hydroxylation is 1. The number of carbonyl (C=O) groups excluding carboxylic acids is 1. The van der Waals surface area contributed by atoms with E-state index in [9.17, 15) is 32.0 Å². The molecule has 0 saturated carbocycles. The summed E-state index contributed by atoms with van der Waals surface area (Å²) >= 11 is 5.88. The Bertz CT molecular complexity index is 978. The molecule has 1 aromatic heterocycles. The fourth-order valence-corrected chi connectivity index (χ4v) is 3.10. The lowest BCUT2D eigenvalue weighted by Crippen LogP contribution is -2.53. The molecular weight excluding hydrogens is 453 g/mol. The summed E-state index contributed by atoms with van der Waals surface area (Å²) in [6.07, 6.45) is -5.37. The minimum atomic E-state index is -4.83. The molecule has 0 fully saturated rings. The Balaban J connectivity index is 1.88. The lowest BCUT2D eigenvalue weighted by molar-refractivity contribution is -0.193. The number of nitriles is 1. The molecule has 3 atom stereocenters. The van der Waals surface area contributed by atoms with Gasteiger partial charge in [0, 0.05) is 6.21 Å². The molecule has 3 rings (SSSR count). The molecule has 2 aliphatic rings.